The predicted molar refractivity (Wildman–Crippen MR) is 82.0 cm³/mol. The van der Waals surface area contributed by atoms with Gasteiger partial charge in [0.05, 0.1) is 16.3 Å². The van der Waals surface area contributed by atoms with Crippen LogP contribution in [-0.2, 0) is 0 Å². The largest absolute Gasteiger partial charge is 0.365 e. The summed E-state index contributed by atoms with van der Waals surface area (Å²) in [7, 11) is 0. The Balaban J connectivity index is 2.35. The molecule has 0 saturated carbocycles. The standard InChI is InChI=1S/C14H11ClF2N2O2S/c15-8-2-1-3-9(6-8)19(7-12(16)17)14(21)11-5-4-10(22-11)13(18)20/h1-6,12H,7H2,(H2,18,20). The Morgan fingerprint density at radius 1 is 1.23 bits per heavy atom. The molecule has 116 valence electrons. The van der Waals surface area contributed by atoms with Crippen molar-refractivity contribution in [3.8, 4) is 0 Å². The van der Waals surface area contributed by atoms with E-state index in [-0.39, 0.29) is 15.4 Å². The van der Waals surface area contributed by atoms with Crippen LogP contribution in [0.15, 0.2) is 36.4 Å². The van der Waals surface area contributed by atoms with E-state index in [4.69, 9.17) is 17.3 Å². The Hall–Kier alpha value is -1.99. The van der Waals surface area contributed by atoms with Gasteiger partial charge < -0.3 is 10.6 Å². The fraction of sp³-hybridized carbons (Fsp3) is 0.143. The molecule has 0 aliphatic rings. The minimum absolute atomic E-state index is 0.148. The van der Waals surface area contributed by atoms with E-state index in [1.807, 2.05) is 0 Å². The first kappa shape index (κ1) is 16.4. The number of benzene rings is 1. The number of hydrogen-bond donors (Lipinski definition) is 1. The van der Waals surface area contributed by atoms with E-state index in [9.17, 15) is 18.4 Å². The summed E-state index contributed by atoms with van der Waals surface area (Å²) in [5, 5.41) is 0.327. The number of primary amides is 1. The predicted octanol–water partition coefficient (Wildman–Crippen LogP) is 3.41. The van der Waals surface area contributed by atoms with E-state index in [1.54, 1.807) is 12.1 Å². The number of rotatable bonds is 5. The second-order valence-corrected chi connectivity index (χ2v) is 5.84. The number of carbonyl (C=O) groups is 2. The van der Waals surface area contributed by atoms with Gasteiger partial charge in [-0.05, 0) is 30.3 Å². The number of thiophene rings is 1. The van der Waals surface area contributed by atoms with Crippen LogP contribution >= 0.6 is 22.9 Å². The molecule has 22 heavy (non-hydrogen) atoms. The Morgan fingerprint density at radius 2 is 1.91 bits per heavy atom. The van der Waals surface area contributed by atoms with Crippen LogP contribution in [0.25, 0.3) is 0 Å². The molecule has 1 aromatic heterocycles. The monoisotopic (exact) mass is 344 g/mol. The van der Waals surface area contributed by atoms with Gasteiger partial charge in [-0.25, -0.2) is 8.78 Å². The molecule has 0 radical (unpaired) electrons. The second kappa shape index (κ2) is 6.85. The molecule has 0 fully saturated rings. The number of hydrogen-bond acceptors (Lipinski definition) is 3. The molecule has 0 aliphatic carbocycles. The number of alkyl halides is 2. The van der Waals surface area contributed by atoms with Crippen molar-refractivity contribution in [3.63, 3.8) is 0 Å². The van der Waals surface area contributed by atoms with Gasteiger partial charge in [-0.15, -0.1) is 11.3 Å². The highest BCUT2D eigenvalue weighted by atomic mass is 35.5. The molecule has 1 aromatic carbocycles. The highest BCUT2D eigenvalue weighted by Crippen LogP contribution is 2.25. The van der Waals surface area contributed by atoms with Crippen LogP contribution in [0.5, 0.6) is 0 Å². The van der Waals surface area contributed by atoms with Gasteiger partial charge in [0.25, 0.3) is 18.2 Å². The molecule has 0 unspecified atom stereocenters. The topological polar surface area (TPSA) is 63.4 Å². The molecule has 2 amide bonds. The Labute approximate surface area is 134 Å². The number of nitrogens with two attached hydrogens (primary N) is 1. The van der Waals surface area contributed by atoms with Crippen LogP contribution in [0.3, 0.4) is 0 Å². The van der Waals surface area contributed by atoms with Crippen LogP contribution in [0.1, 0.15) is 19.3 Å². The third-order valence-corrected chi connectivity index (χ3v) is 4.07. The van der Waals surface area contributed by atoms with Gasteiger partial charge >= 0.3 is 0 Å². The van der Waals surface area contributed by atoms with Gasteiger partial charge in [-0.3, -0.25) is 9.59 Å². The highest BCUT2D eigenvalue weighted by molar-refractivity contribution is 7.16. The van der Waals surface area contributed by atoms with Crippen LogP contribution in [0.4, 0.5) is 14.5 Å². The average Bonchev–Trinajstić information content (AvgIpc) is 2.94. The molecule has 2 N–H and O–H groups in total. The van der Waals surface area contributed by atoms with Crippen LogP contribution < -0.4 is 10.6 Å². The Kier molecular flexibility index (Phi) is 5.10. The van der Waals surface area contributed by atoms with Gasteiger partial charge in [0.15, 0.2) is 0 Å². The van der Waals surface area contributed by atoms with Gasteiger partial charge in [0, 0.05) is 10.7 Å². The summed E-state index contributed by atoms with van der Waals surface area (Å²) in [5.41, 5.74) is 5.38. The van der Waals surface area contributed by atoms with Crippen molar-refractivity contribution in [2.75, 3.05) is 11.4 Å². The van der Waals surface area contributed by atoms with Crippen molar-refractivity contribution < 1.29 is 18.4 Å². The van der Waals surface area contributed by atoms with E-state index < -0.39 is 24.8 Å². The maximum absolute atomic E-state index is 12.8. The maximum atomic E-state index is 12.8. The zero-order chi connectivity index (χ0) is 16.3. The first-order valence-electron chi connectivity index (χ1n) is 6.13. The van der Waals surface area contributed by atoms with Crippen LogP contribution in [0.2, 0.25) is 5.02 Å². The molecule has 0 atom stereocenters. The van der Waals surface area contributed by atoms with E-state index in [0.717, 1.165) is 16.2 Å². The summed E-state index contributed by atoms with van der Waals surface area (Å²) in [6.45, 7) is -0.775. The maximum Gasteiger partial charge on any atom is 0.268 e. The average molecular weight is 345 g/mol. The van der Waals surface area contributed by atoms with Gasteiger partial charge in [0.1, 0.15) is 0 Å². The Morgan fingerprint density at radius 3 is 2.45 bits per heavy atom. The van der Waals surface area contributed by atoms with Crippen molar-refractivity contribution in [2.24, 2.45) is 5.73 Å². The first-order valence-corrected chi connectivity index (χ1v) is 7.33. The summed E-state index contributed by atoms with van der Waals surface area (Å²) >= 11 is 6.70. The lowest BCUT2D eigenvalue weighted by Gasteiger charge is -2.22. The molecule has 0 spiro atoms. The lowest BCUT2D eigenvalue weighted by atomic mass is 10.2. The molecule has 2 aromatic rings. The van der Waals surface area contributed by atoms with Gasteiger partial charge in [-0.1, -0.05) is 17.7 Å². The molecular formula is C14H11ClF2N2O2S. The highest BCUT2D eigenvalue weighted by Gasteiger charge is 2.23. The minimum atomic E-state index is -2.71. The fourth-order valence-electron chi connectivity index (χ4n) is 1.81. The van der Waals surface area contributed by atoms with E-state index in [2.05, 4.69) is 0 Å². The summed E-state index contributed by atoms with van der Waals surface area (Å²) in [6, 6.07) is 8.84. The number of anilines is 1. The fourth-order valence-corrected chi connectivity index (χ4v) is 2.80. The lowest BCUT2D eigenvalue weighted by molar-refractivity contribution is 0.0949. The number of nitrogens with zero attached hydrogens (tertiary/aromatic N) is 1. The summed E-state index contributed by atoms with van der Waals surface area (Å²) in [5.74, 6) is -1.31. The quantitative estimate of drug-likeness (QED) is 0.903. The normalized spacial score (nSPS) is 10.7. The van der Waals surface area contributed by atoms with E-state index >= 15 is 0 Å². The first-order chi connectivity index (χ1) is 10.4. The molecule has 1 heterocycles. The van der Waals surface area contributed by atoms with Gasteiger partial charge in [-0.2, -0.15) is 0 Å². The molecule has 0 saturated heterocycles. The molecular weight excluding hydrogens is 334 g/mol. The number of halogens is 3. The zero-order valence-corrected chi connectivity index (χ0v) is 12.7. The van der Waals surface area contributed by atoms with Crippen molar-refractivity contribution in [1.82, 2.24) is 0 Å². The van der Waals surface area contributed by atoms with Crippen molar-refractivity contribution in [1.29, 1.82) is 0 Å². The van der Waals surface area contributed by atoms with Gasteiger partial charge in [0.2, 0.25) is 0 Å². The summed E-state index contributed by atoms with van der Waals surface area (Å²) in [4.78, 5) is 24.8. The summed E-state index contributed by atoms with van der Waals surface area (Å²) in [6.07, 6.45) is -2.71. The Bertz CT molecular complexity index is 706. The molecule has 0 bridgehead atoms. The number of amides is 2. The number of carbonyl (C=O) groups excluding carboxylic acids is 2. The van der Waals surface area contributed by atoms with Crippen molar-refractivity contribution >= 4 is 40.4 Å². The molecule has 4 nitrogen and oxygen atoms in total. The SMILES string of the molecule is NC(=O)c1ccc(C(=O)N(CC(F)F)c2cccc(Cl)c2)s1. The van der Waals surface area contributed by atoms with Crippen molar-refractivity contribution in [2.45, 2.75) is 6.43 Å². The van der Waals surface area contributed by atoms with Crippen LogP contribution in [0, 0.1) is 0 Å². The molecule has 0 aliphatic heterocycles. The minimum Gasteiger partial charge on any atom is -0.365 e. The van der Waals surface area contributed by atoms with Crippen molar-refractivity contribution in [3.05, 3.63) is 51.2 Å². The lowest BCUT2D eigenvalue weighted by Crippen LogP contribution is -2.34. The second-order valence-electron chi connectivity index (χ2n) is 4.31. The zero-order valence-electron chi connectivity index (χ0n) is 11.1. The third-order valence-electron chi connectivity index (χ3n) is 2.75. The molecule has 8 heteroatoms. The van der Waals surface area contributed by atoms with E-state index in [1.165, 1.54) is 24.3 Å². The molecule has 2 rings (SSSR count). The smallest absolute Gasteiger partial charge is 0.268 e. The third kappa shape index (κ3) is 3.80. The van der Waals surface area contributed by atoms with Crippen LogP contribution in [-0.4, -0.2) is 24.8 Å². The van der Waals surface area contributed by atoms with E-state index in [0.29, 0.717) is 5.02 Å². The summed E-state index contributed by atoms with van der Waals surface area (Å²) < 4.78 is 25.6.